The first kappa shape index (κ1) is 41.4. The van der Waals surface area contributed by atoms with Gasteiger partial charge in [0.2, 0.25) is 0 Å². The van der Waals surface area contributed by atoms with Gasteiger partial charge in [-0.25, -0.2) is 0 Å². The van der Waals surface area contributed by atoms with Crippen molar-refractivity contribution in [2.75, 3.05) is 45.0 Å². The smallest absolute Gasteiger partial charge is 0.181 e. The normalized spacial score (nSPS) is 13.2. The average Bonchev–Trinajstić information content (AvgIpc) is 4.20. The number of carbonyl (C=O) groups is 1. The Bertz CT molecular complexity index is 3030. The van der Waals surface area contributed by atoms with Crippen LogP contribution in [0.3, 0.4) is 0 Å². The lowest BCUT2D eigenvalue weighted by Gasteiger charge is -2.26. The van der Waals surface area contributed by atoms with E-state index in [9.17, 15) is 4.79 Å². The van der Waals surface area contributed by atoms with E-state index in [1.165, 1.54) is 44.9 Å². The number of methoxy groups -OCH3 is 1. The van der Waals surface area contributed by atoms with Crippen molar-refractivity contribution in [1.29, 1.82) is 0 Å². The van der Waals surface area contributed by atoms with Gasteiger partial charge in [-0.15, -0.1) is 56.7 Å². The third-order valence-electron chi connectivity index (χ3n) is 11.1. The van der Waals surface area contributed by atoms with Gasteiger partial charge < -0.3 is 33.3 Å². The van der Waals surface area contributed by atoms with Gasteiger partial charge in [0.05, 0.1) is 47.9 Å². The average molecular weight is 960 g/mol. The predicted molar refractivity (Wildman–Crippen MR) is 269 cm³/mol. The van der Waals surface area contributed by atoms with Crippen molar-refractivity contribution in [3.8, 4) is 74.2 Å². The minimum Gasteiger partial charge on any atom is -0.494 e. The Balaban J connectivity index is 0.926. The molecule has 3 aromatic carbocycles. The molecular formula is C50H41NO7S6. The first-order valence-corrected chi connectivity index (χ1v) is 26.1. The highest BCUT2D eigenvalue weighted by Gasteiger charge is 2.30. The molecule has 8 heterocycles. The largest absolute Gasteiger partial charge is 0.494 e. The molecule has 8 nitrogen and oxygen atoms in total. The topological polar surface area (TPSA) is 75.7 Å². The molecule has 6 aromatic heterocycles. The number of rotatable bonds is 15. The van der Waals surface area contributed by atoms with Crippen molar-refractivity contribution >= 4 is 110 Å². The second-order valence-electron chi connectivity index (χ2n) is 15.3. The van der Waals surface area contributed by atoms with Crippen LogP contribution >= 0.6 is 68.0 Å². The van der Waals surface area contributed by atoms with E-state index in [0.29, 0.717) is 33.0 Å². The Kier molecular flexibility index (Phi) is 11.6. The van der Waals surface area contributed by atoms with Crippen LogP contribution in [0.25, 0.3) is 59.2 Å². The van der Waals surface area contributed by atoms with Crippen molar-refractivity contribution < 1.29 is 33.2 Å². The molecule has 0 saturated heterocycles. The summed E-state index contributed by atoms with van der Waals surface area (Å²) < 4.78 is 41.5. The van der Waals surface area contributed by atoms with Gasteiger partial charge in [-0.1, -0.05) is 61.8 Å². The molecule has 0 saturated carbocycles. The summed E-state index contributed by atoms with van der Waals surface area (Å²) in [6, 6.07) is 34.3. The van der Waals surface area contributed by atoms with E-state index >= 15 is 0 Å². The summed E-state index contributed by atoms with van der Waals surface area (Å²) in [5.41, 5.74) is 5.17. The predicted octanol–water partition coefficient (Wildman–Crippen LogP) is 15.8. The zero-order valence-corrected chi connectivity index (χ0v) is 39.8. The molecule has 2 aliphatic rings. The van der Waals surface area contributed by atoms with Gasteiger partial charge in [0.15, 0.2) is 34.3 Å². The summed E-state index contributed by atoms with van der Waals surface area (Å²) in [5.74, 6) is 4.08. The quantitative estimate of drug-likeness (QED) is 0.0743. The van der Waals surface area contributed by atoms with Crippen LogP contribution in [0.2, 0.25) is 0 Å². The number of carbonyl (C=O) groups excluding carboxylic acids is 1. The summed E-state index contributed by atoms with van der Waals surface area (Å²) in [4.78, 5) is 21.0. The van der Waals surface area contributed by atoms with Gasteiger partial charge in [-0.05, 0) is 84.3 Å². The third-order valence-corrected chi connectivity index (χ3v) is 18.3. The van der Waals surface area contributed by atoms with Gasteiger partial charge in [0.25, 0.3) is 0 Å². The van der Waals surface area contributed by atoms with Crippen LogP contribution in [-0.4, -0.2) is 46.4 Å². The first-order chi connectivity index (χ1) is 31.5. The SMILES string of the molecule is CCCCCCOc1ccc(N(c2ccc(-c3sc(-c4cc5sc(C=O)cc5s4)c4c3OCCO4)cc2)c2ccc(-c3sc(-c4cc5sc(OC)cc5s4)c4c3OCCO4)cc2)cc1. The standard InChI is InChI=1S/C50H41NO7S6/c1-3-4-5-6-19-54-34-17-15-33(16-18-34)51(31-11-7-29(8-12-31)47-43-45(57-22-20-55-43)49(63-47)40-25-37-36(60-40)24-35(28-52)59-37)32-13-9-30(10-14-32)48-44-46(58-23-21-56-44)50(64-48)41-26-38-39(61-41)27-42(53-2)62-38/h7-18,24-28H,3-6,19-23H2,1-2H3. The maximum Gasteiger partial charge on any atom is 0.181 e. The summed E-state index contributed by atoms with van der Waals surface area (Å²) in [7, 11) is 1.71. The maximum absolute atomic E-state index is 11.4. The fourth-order valence-corrected chi connectivity index (χ4v) is 15.0. The molecule has 0 aliphatic carbocycles. The number of thiophene rings is 6. The Labute approximate surface area is 394 Å². The number of aldehydes is 1. The lowest BCUT2D eigenvalue weighted by Crippen LogP contribution is -2.14. The van der Waals surface area contributed by atoms with Crippen LogP contribution in [0, 0.1) is 0 Å². The van der Waals surface area contributed by atoms with Crippen LogP contribution < -0.4 is 33.3 Å². The Morgan fingerprint density at radius 2 is 1.03 bits per heavy atom. The summed E-state index contributed by atoms with van der Waals surface area (Å²) >= 11 is 10.0. The number of ether oxygens (including phenoxy) is 6. The van der Waals surface area contributed by atoms with Crippen LogP contribution in [0.5, 0.6) is 33.8 Å². The number of anilines is 3. The second kappa shape index (κ2) is 17.9. The minimum absolute atomic E-state index is 0.496. The molecule has 0 atom stereocenters. The van der Waals surface area contributed by atoms with Crippen LogP contribution in [0.4, 0.5) is 17.1 Å². The highest BCUT2D eigenvalue weighted by molar-refractivity contribution is 7.33. The number of nitrogens with zero attached hydrogens (tertiary/aromatic N) is 1. The van der Waals surface area contributed by atoms with Gasteiger partial charge in [0, 0.05) is 41.9 Å². The molecule has 0 unspecified atom stereocenters. The molecule has 11 rings (SSSR count). The van der Waals surface area contributed by atoms with Crippen LogP contribution in [-0.2, 0) is 0 Å². The summed E-state index contributed by atoms with van der Waals surface area (Å²) in [6.07, 6.45) is 5.57. The molecule has 0 spiro atoms. The number of hydrogen-bond acceptors (Lipinski definition) is 14. The number of benzene rings is 3. The van der Waals surface area contributed by atoms with Gasteiger partial charge in [0.1, 0.15) is 32.2 Å². The molecule has 2 aliphatic heterocycles. The fourth-order valence-electron chi connectivity index (χ4n) is 8.04. The van der Waals surface area contributed by atoms with Crippen LogP contribution in [0.15, 0.2) is 97.1 Å². The fraction of sp³-hybridized carbons (Fsp3) is 0.220. The zero-order chi connectivity index (χ0) is 43.1. The maximum atomic E-state index is 11.4. The molecule has 0 radical (unpaired) electrons. The van der Waals surface area contributed by atoms with E-state index in [-0.39, 0.29) is 0 Å². The van der Waals surface area contributed by atoms with Crippen molar-refractivity contribution in [3.05, 3.63) is 102 Å². The van der Waals surface area contributed by atoms with Crippen LogP contribution in [0.1, 0.15) is 42.3 Å². The Hall–Kier alpha value is -5.35. The highest BCUT2D eigenvalue weighted by Crippen LogP contribution is 2.58. The Morgan fingerprint density at radius 1 is 0.547 bits per heavy atom. The number of hydrogen-bond donors (Lipinski definition) is 0. The lowest BCUT2D eigenvalue weighted by molar-refractivity contribution is 0.112. The van der Waals surface area contributed by atoms with E-state index < -0.39 is 0 Å². The lowest BCUT2D eigenvalue weighted by atomic mass is 10.1. The minimum atomic E-state index is 0.496. The summed E-state index contributed by atoms with van der Waals surface area (Å²) in [5, 5.41) is 0.916. The first-order valence-electron chi connectivity index (χ1n) is 21.2. The van der Waals surface area contributed by atoms with E-state index in [1.807, 2.05) is 6.07 Å². The molecule has 0 bridgehead atoms. The monoisotopic (exact) mass is 959 g/mol. The molecule has 0 amide bonds. The van der Waals surface area contributed by atoms with Crippen molar-refractivity contribution in [1.82, 2.24) is 0 Å². The molecular weight excluding hydrogens is 919 g/mol. The molecule has 9 aromatic rings. The molecule has 14 heteroatoms. The van der Waals surface area contributed by atoms with E-state index in [1.54, 1.807) is 63.8 Å². The number of fused-ring (bicyclic) bond motifs is 4. The second-order valence-corrected chi connectivity index (χ2v) is 21.6. The van der Waals surface area contributed by atoms with E-state index in [2.05, 4.69) is 103 Å². The van der Waals surface area contributed by atoms with E-state index in [0.717, 1.165) is 113 Å². The molecule has 0 fully saturated rings. The van der Waals surface area contributed by atoms with Gasteiger partial charge in [-0.2, -0.15) is 0 Å². The summed E-state index contributed by atoms with van der Waals surface area (Å²) in [6.45, 7) is 4.97. The van der Waals surface area contributed by atoms with Crippen molar-refractivity contribution in [2.24, 2.45) is 0 Å². The third kappa shape index (κ3) is 7.83. The molecule has 324 valence electrons. The molecule has 0 N–H and O–H groups in total. The van der Waals surface area contributed by atoms with Gasteiger partial charge in [-0.3, -0.25) is 4.79 Å². The van der Waals surface area contributed by atoms with E-state index in [4.69, 9.17) is 28.4 Å². The van der Waals surface area contributed by atoms with Gasteiger partial charge >= 0.3 is 0 Å². The Morgan fingerprint density at radius 3 is 1.52 bits per heavy atom. The zero-order valence-electron chi connectivity index (χ0n) is 34.9. The van der Waals surface area contributed by atoms with Crippen molar-refractivity contribution in [3.63, 3.8) is 0 Å². The number of unbranched alkanes of at least 4 members (excludes halogenated alkanes) is 3. The highest BCUT2D eigenvalue weighted by atomic mass is 32.1. The van der Waals surface area contributed by atoms with Crippen molar-refractivity contribution in [2.45, 2.75) is 32.6 Å². The molecule has 64 heavy (non-hydrogen) atoms.